The molecule has 1 aliphatic heterocycles. The summed E-state index contributed by atoms with van der Waals surface area (Å²) in [5.41, 5.74) is 0.227. The molecule has 3 aliphatic rings. The van der Waals surface area contributed by atoms with Gasteiger partial charge in [0.2, 0.25) is 5.95 Å². The number of amides is 1. The average molecular weight is 557 g/mol. The van der Waals surface area contributed by atoms with E-state index in [1.54, 1.807) is 12.1 Å². The first-order valence-electron chi connectivity index (χ1n) is 13.6. The van der Waals surface area contributed by atoms with Crippen molar-refractivity contribution in [1.29, 1.82) is 5.26 Å². The first-order chi connectivity index (χ1) is 19.0. The normalized spacial score (nSPS) is 24.5. The van der Waals surface area contributed by atoms with Gasteiger partial charge in [-0.25, -0.2) is 9.78 Å². The van der Waals surface area contributed by atoms with Crippen LogP contribution in [0.3, 0.4) is 0 Å². The maximum atomic E-state index is 13.5. The zero-order valence-corrected chi connectivity index (χ0v) is 22.8. The highest BCUT2D eigenvalue weighted by Gasteiger charge is 2.44. The predicted octanol–water partition coefficient (Wildman–Crippen LogP) is 5.41. The molecule has 1 unspecified atom stereocenters. The van der Waals surface area contributed by atoms with Crippen molar-refractivity contribution < 1.29 is 27.8 Å². The van der Waals surface area contributed by atoms with Crippen LogP contribution in [-0.4, -0.2) is 40.5 Å². The van der Waals surface area contributed by atoms with Gasteiger partial charge in [0.25, 0.3) is 0 Å². The standard InChI is InChI=1S/C28H34F2N6O4/c1-27(2,3)40-26(37)35-22-17-6-4-7-18(22)11-16(10-17)13-32-24-20(12-31)15-34-25(36-24)33-14-19-8-5-9-21-23(19)39-28(29,30)38-21/h5,8-9,15-18,22H,4,6-7,10-11,13-14H2,1-3H3,(H,35,37)(H2,32,33,34,36)/t16?,17-,18+,22-. The number of fused-ring (bicyclic) bond motifs is 3. The number of aromatic nitrogens is 2. The van der Waals surface area contributed by atoms with Gasteiger partial charge in [0, 0.05) is 24.7 Å². The van der Waals surface area contributed by atoms with Crippen molar-refractivity contribution in [1.82, 2.24) is 15.3 Å². The van der Waals surface area contributed by atoms with Crippen LogP contribution in [0.4, 0.5) is 25.3 Å². The van der Waals surface area contributed by atoms with Gasteiger partial charge in [0.1, 0.15) is 23.1 Å². The van der Waals surface area contributed by atoms with Gasteiger partial charge >= 0.3 is 12.4 Å². The molecule has 1 amide bonds. The number of hydrogen-bond acceptors (Lipinski definition) is 9. The number of alkyl halides is 2. The van der Waals surface area contributed by atoms with Crippen molar-refractivity contribution in [3.63, 3.8) is 0 Å². The van der Waals surface area contributed by atoms with Gasteiger partial charge in [-0.2, -0.15) is 10.2 Å². The summed E-state index contributed by atoms with van der Waals surface area (Å²) in [5, 5.41) is 19.1. The number of para-hydroxylation sites is 1. The number of carbonyl (C=O) groups is 1. The maximum Gasteiger partial charge on any atom is 0.586 e. The number of ether oxygens (including phenoxy) is 3. The Labute approximate surface area is 231 Å². The molecule has 12 heteroatoms. The van der Waals surface area contributed by atoms with Gasteiger partial charge < -0.3 is 30.2 Å². The Morgan fingerprint density at radius 1 is 1.20 bits per heavy atom. The van der Waals surface area contributed by atoms with Gasteiger partial charge in [-0.1, -0.05) is 18.6 Å². The smallest absolute Gasteiger partial charge is 0.444 e. The predicted molar refractivity (Wildman–Crippen MR) is 142 cm³/mol. The van der Waals surface area contributed by atoms with Gasteiger partial charge in [0.05, 0.1) is 6.20 Å². The molecule has 214 valence electrons. The summed E-state index contributed by atoms with van der Waals surface area (Å²) < 4.78 is 41.7. The SMILES string of the molecule is CC(C)(C)OC(=O)N[C@@H]1[C@@H]2CCC[C@H]1CC(CNc1nc(NCc3cccc4c3OC(F)(F)O4)ncc1C#N)C2. The van der Waals surface area contributed by atoms with Crippen LogP contribution >= 0.6 is 0 Å². The molecule has 1 aromatic carbocycles. The quantitative estimate of drug-likeness (QED) is 0.410. The van der Waals surface area contributed by atoms with Crippen molar-refractivity contribution in [2.75, 3.05) is 17.2 Å². The van der Waals surface area contributed by atoms with Gasteiger partial charge in [-0.15, -0.1) is 8.78 Å². The number of nitrogens with one attached hydrogen (secondary N) is 3. The van der Waals surface area contributed by atoms with Crippen molar-refractivity contribution in [2.45, 2.75) is 77.4 Å². The van der Waals surface area contributed by atoms with E-state index in [4.69, 9.17) is 4.74 Å². The lowest BCUT2D eigenvalue weighted by atomic mass is 9.64. The van der Waals surface area contributed by atoms with E-state index >= 15 is 0 Å². The number of benzene rings is 1. The molecule has 5 rings (SSSR count). The molecule has 10 nitrogen and oxygen atoms in total. The van der Waals surface area contributed by atoms with E-state index in [-0.39, 0.29) is 36.1 Å². The Morgan fingerprint density at radius 3 is 2.65 bits per heavy atom. The fourth-order valence-electron chi connectivity index (χ4n) is 5.98. The summed E-state index contributed by atoms with van der Waals surface area (Å²) in [6.07, 6.45) is 2.54. The minimum Gasteiger partial charge on any atom is -0.444 e. The molecule has 3 N–H and O–H groups in total. The molecule has 2 saturated carbocycles. The molecule has 0 radical (unpaired) electrons. The summed E-state index contributed by atoms with van der Waals surface area (Å²) in [7, 11) is 0. The Hall–Kier alpha value is -3.88. The lowest BCUT2D eigenvalue weighted by Gasteiger charge is -2.46. The lowest BCUT2D eigenvalue weighted by Crippen LogP contribution is -2.52. The highest BCUT2D eigenvalue weighted by atomic mass is 19.3. The first kappa shape index (κ1) is 27.7. The van der Waals surface area contributed by atoms with Gasteiger partial charge in [-0.3, -0.25) is 0 Å². The minimum atomic E-state index is -3.70. The summed E-state index contributed by atoms with van der Waals surface area (Å²) in [6, 6.07) is 6.88. The van der Waals surface area contributed by atoms with E-state index in [1.165, 1.54) is 12.3 Å². The molecular formula is C28H34F2N6O4. The van der Waals surface area contributed by atoms with Gasteiger partial charge in [-0.05, 0) is 70.3 Å². The zero-order chi connectivity index (χ0) is 28.5. The molecule has 2 aliphatic carbocycles. The summed E-state index contributed by atoms with van der Waals surface area (Å²) in [5.74, 6) is 1.68. The molecule has 1 aromatic heterocycles. The first-order valence-corrected chi connectivity index (χ1v) is 13.6. The Kier molecular flexibility index (Phi) is 7.57. The second-order valence-electron chi connectivity index (χ2n) is 11.7. The van der Waals surface area contributed by atoms with Crippen LogP contribution in [0.2, 0.25) is 0 Å². The summed E-state index contributed by atoms with van der Waals surface area (Å²) >= 11 is 0. The van der Waals surface area contributed by atoms with Crippen molar-refractivity contribution in [3.05, 3.63) is 35.5 Å². The molecule has 40 heavy (non-hydrogen) atoms. The maximum absolute atomic E-state index is 13.5. The number of carbonyl (C=O) groups excluding carboxylic acids is 1. The number of hydrogen-bond donors (Lipinski definition) is 3. The van der Waals surface area contributed by atoms with Crippen molar-refractivity contribution in [2.24, 2.45) is 17.8 Å². The number of alkyl carbamates (subject to hydrolysis) is 1. The molecule has 2 heterocycles. The van der Waals surface area contributed by atoms with E-state index in [0.717, 1.165) is 32.1 Å². The molecule has 0 saturated heterocycles. The highest BCUT2D eigenvalue weighted by Crippen LogP contribution is 2.44. The number of halogens is 2. The summed E-state index contributed by atoms with van der Waals surface area (Å²) in [6.45, 7) is 6.32. The third-order valence-electron chi connectivity index (χ3n) is 7.54. The Balaban J connectivity index is 1.20. The Morgan fingerprint density at radius 2 is 1.95 bits per heavy atom. The van der Waals surface area contributed by atoms with Crippen molar-refractivity contribution >= 4 is 17.9 Å². The zero-order valence-electron chi connectivity index (χ0n) is 22.8. The van der Waals surface area contributed by atoms with Crippen LogP contribution in [0.5, 0.6) is 11.5 Å². The monoisotopic (exact) mass is 556 g/mol. The van der Waals surface area contributed by atoms with Gasteiger partial charge in [0.15, 0.2) is 11.5 Å². The average Bonchev–Trinajstić information content (AvgIpc) is 3.19. The highest BCUT2D eigenvalue weighted by molar-refractivity contribution is 5.68. The van der Waals surface area contributed by atoms with E-state index in [2.05, 4.69) is 41.5 Å². The number of nitrogens with zero attached hydrogens (tertiary/aromatic N) is 3. The number of rotatable bonds is 7. The van der Waals surface area contributed by atoms with Crippen LogP contribution < -0.4 is 25.4 Å². The third-order valence-corrected chi connectivity index (χ3v) is 7.54. The van der Waals surface area contributed by atoms with E-state index < -0.39 is 11.9 Å². The third kappa shape index (κ3) is 6.46. The van der Waals surface area contributed by atoms with E-state index in [0.29, 0.717) is 41.2 Å². The minimum absolute atomic E-state index is 0.0331. The number of nitriles is 1. The molecule has 2 fully saturated rings. The molecule has 2 bridgehead atoms. The molecule has 0 spiro atoms. The van der Waals surface area contributed by atoms with Crippen LogP contribution in [-0.2, 0) is 11.3 Å². The summed E-state index contributed by atoms with van der Waals surface area (Å²) in [4.78, 5) is 21.1. The van der Waals surface area contributed by atoms with Crippen LogP contribution in [0.25, 0.3) is 0 Å². The van der Waals surface area contributed by atoms with E-state index in [9.17, 15) is 18.8 Å². The second kappa shape index (κ2) is 10.9. The Bertz CT molecular complexity index is 1280. The lowest BCUT2D eigenvalue weighted by molar-refractivity contribution is -0.286. The van der Waals surface area contributed by atoms with Crippen LogP contribution in [0, 0.1) is 29.1 Å². The topological polar surface area (TPSA) is 130 Å². The molecule has 2 aromatic rings. The van der Waals surface area contributed by atoms with E-state index in [1.807, 2.05) is 20.8 Å². The fraction of sp³-hybridized carbons (Fsp3) is 0.571. The van der Waals surface area contributed by atoms with Crippen LogP contribution in [0.1, 0.15) is 64.0 Å². The van der Waals surface area contributed by atoms with Crippen LogP contribution in [0.15, 0.2) is 24.4 Å². The largest absolute Gasteiger partial charge is 0.586 e. The molecule has 4 atom stereocenters. The second-order valence-corrected chi connectivity index (χ2v) is 11.7. The number of anilines is 2. The molecular weight excluding hydrogens is 522 g/mol. The fourth-order valence-corrected chi connectivity index (χ4v) is 5.98. The van der Waals surface area contributed by atoms with Crippen molar-refractivity contribution in [3.8, 4) is 17.6 Å².